The first-order valence-corrected chi connectivity index (χ1v) is 7.08. The molecule has 1 aliphatic heterocycles. The Labute approximate surface area is 117 Å². The number of alkyl halides is 3. The van der Waals surface area contributed by atoms with E-state index in [4.69, 9.17) is 0 Å². The maximum absolute atomic E-state index is 12.1. The summed E-state index contributed by atoms with van der Waals surface area (Å²) in [6, 6.07) is 0.152. The second kappa shape index (κ2) is 8.46. The van der Waals surface area contributed by atoms with E-state index in [0.717, 1.165) is 32.4 Å². The molecule has 1 heterocycles. The second-order valence-electron chi connectivity index (χ2n) is 5.01. The fraction of sp³-hybridized carbons (Fsp3) is 0.923. The molecule has 1 unspecified atom stereocenters. The monoisotopic (exact) mass is 296 g/mol. The van der Waals surface area contributed by atoms with E-state index in [1.807, 2.05) is 6.92 Å². The van der Waals surface area contributed by atoms with E-state index < -0.39 is 12.8 Å². The van der Waals surface area contributed by atoms with Crippen molar-refractivity contribution in [3.8, 4) is 0 Å². The zero-order valence-electron chi connectivity index (χ0n) is 11.8. The lowest BCUT2D eigenvalue weighted by Crippen LogP contribution is -2.49. The van der Waals surface area contributed by atoms with Gasteiger partial charge in [-0.1, -0.05) is 6.92 Å². The smallest absolute Gasteiger partial charge is 0.372 e. The number of amides is 1. The van der Waals surface area contributed by atoms with Gasteiger partial charge in [-0.05, 0) is 25.8 Å². The number of halogens is 3. The van der Waals surface area contributed by atoms with Gasteiger partial charge >= 0.3 is 6.18 Å². The van der Waals surface area contributed by atoms with Crippen LogP contribution in [0.3, 0.4) is 0 Å². The third-order valence-corrected chi connectivity index (χ3v) is 3.22. The van der Waals surface area contributed by atoms with Crippen LogP contribution in [-0.4, -0.2) is 55.9 Å². The van der Waals surface area contributed by atoms with E-state index in [0.29, 0.717) is 6.54 Å². The van der Waals surface area contributed by atoms with Crippen LogP contribution >= 0.6 is 0 Å². The molecule has 4 nitrogen and oxygen atoms in total. The number of ether oxygens (including phenoxy) is 1. The van der Waals surface area contributed by atoms with Crippen LogP contribution in [0.2, 0.25) is 0 Å². The molecule has 1 N–H and O–H groups in total. The number of hydrogen-bond donors (Lipinski definition) is 1. The van der Waals surface area contributed by atoms with Gasteiger partial charge in [0.2, 0.25) is 5.91 Å². The second-order valence-corrected chi connectivity index (χ2v) is 5.01. The molecule has 0 aliphatic carbocycles. The maximum atomic E-state index is 12.1. The van der Waals surface area contributed by atoms with Crippen molar-refractivity contribution in [3.05, 3.63) is 0 Å². The third kappa shape index (κ3) is 6.56. The van der Waals surface area contributed by atoms with Gasteiger partial charge in [0.25, 0.3) is 0 Å². The zero-order chi connectivity index (χ0) is 15.0. The summed E-state index contributed by atoms with van der Waals surface area (Å²) in [5.41, 5.74) is 0. The van der Waals surface area contributed by atoms with Crippen molar-refractivity contribution in [2.24, 2.45) is 0 Å². The summed E-state index contributed by atoms with van der Waals surface area (Å²) in [6.45, 7) is 2.87. The third-order valence-electron chi connectivity index (χ3n) is 3.22. The Morgan fingerprint density at radius 3 is 2.75 bits per heavy atom. The SMILES string of the molecule is CCCN(C(=O)CCOCC(F)(F)F)C1CCCNC1. The summed E-state index contributed by atoms with van der Waals surface area (Å²) in [6.07, 6.45) is -1.53. The first-order chi connectivity index (χ1) is 9.44. The predicted molar refractivity (Wildman–Crippen MR) is 69.4 cm³/mol. The number of hydrogen-bond acceptors (Lipinski definition) is 3. The minimum atomic E-state index is -4.33. The molecule has 1 aliphatic rings. The number of piperidine rings is 1. The molecule has 1 rings (SSSR count). The van der Waals surface area contributed by atoms with E-state index in [-0.39, 0.29) is 25.0 Å². The molecule has 1 fully saturated rings. The van der Waals surface area contributed by atoms with Gasteiger partial charge in [-0.2, -0.15) is 13.2 Å². The molecular formula is C13H23F3N2O2. The van der Waals surface area contributed by atoms with E-state index in [2.05, 4.69) is 10.1 Å². The Kier molecular flexibility index (Phi) is 7.29. The molecule has 0 saturated carbocycles. The van der Waals surface area contributed by atoms with Crippen molar-refractivity contribution in [2.45, 2.75) is 44.8 Å². The first-order valence-electron chi connectivity index (χ1n) is 7.08. The minimum Gasteiger partial charge on any atom is -0.372 e. The molecular weight excluding hydrogens is 273 g/mol. The average Bonchev–Trinajstić information content (AvgIpc) is 2.40. The molecule has 0 aromatic rings. The largest absolute Gasteiger partial charge is 0.411 e. The van der Waals surface area contributed by atoms with Crippen LogP contribution in [0, 0.1) is 0 Å². The molecule has 20 heavy (non-hydrogen) atoms. The first kappa shape index (κ1) is 17.2. The minimum absolute atomic E-state index is 0.00653. The van der Waals surface area contributed by atoms with E-state index in [1.54, 1.807) is 4.90 Å². The Balaban J connectivity index is 2.35. The summed E-state index contributed by atoms with van der Waals surface area (Å²) in [5, 5.41) is 3.24. The molecule has 0 aromatic carbocycles. The molecule has 1 atom stereocenters. The van der Waals surface area contributed by atoms with Crippen LogP contribution in [-0.2, 0) is 9.53 Å². The van der Waals surface area contributed by atoms with Crippen LogP contribution in [0.1, 0.15) is 32.6 Å². The zero-order valence-corrected chi connectivity index (χ0v) is 11.8. The van der Waals surface area contributed by atoms with Gasteiger partial charge in [0.1, 0.15) is 6.61 Å². The number of carbonyl (C=O) groups excluding carboxylic acids is 1. The fourth-order valence-corrected chi connectivity index (χ4v) is 2.34. The molecule has 1 saturated heterocycles. The Morgan fingerprint density at radius 1 is 1.45 bits per heavy atom. The van der Waals surface area contributed by atoms with Crippen LogP contribution in [0.15, 0.2) is 0 Å². The fourth-order valence-electron chi connectivity index (χ4n) is 2.34. The molecule has 0 radical (unpaired) electrons. The number of rotatable bonds is 7. The van der Waals surface area contributed by atoms with Crippen LogP contribution in [0.4, 0.5) is 13.2 Å². The van der Waals surface area contributed by atoms with Gasteiger partial charge in [0.15, 0.2) is 0 Å². The number of nitrogens with zero attached hydrogens (tertiary/aromatic N) is 1. The quantitative estimate of drug-likeness (QED) is 0.730. The standard InChI is InChI=1S/C13H23F3N2O2/c1-2-7-18(11-4-3-6-17-9-11)12(19)5-8-20-10-13(14,15)16/h11,17H,2-10H2,1H3. The van der Waals surface area contributed by atoms with Crippen molar-refractivity contribution in [2.75, 3.05) is 32.8 Å². The van der Waals surface area contributed by atoms with Crippen LogP contribution in [0.5, 0.6) is 0 Å². The number of nitrogens with one attached hydrogen (secondary N) is 1. The lowest BCUT2D eigenvalue weighted by molar-refractivity contribution is -0.175. The topological polar surface area (TPSA) is 41.6 Å². The van der Waals surface area contributed by atoms with E-state index in [1.165, 1.54) is 0 Å². The van der Waals surface area contributed by atoms with Gasteiger partial charge in [-0.25, -0.2) is 0 Å². The molecule has 118 valence electrons. The highest BCUT2D eigenvalue weighted by atomic mass is 19.4. The van der Waals surface area contributed by atoms with E-state index >= 15 is 0 Å². The maximum Gasteiger partial charge on any atom is 0.411 e. The van der Waals surface area contributed by atoms with Crippen molar-refractivity contribution in [1.82, 2.24) is 10.2 Å². The predicted octanol–water partition coefficient (Wildman–Crippen LogP) is 1.95. The summed E-state index contributed by atoms with van der Waals surface area (Å²) in [7, 11) is 0. The van der Waals surface area contributed by atoms with Crippen molar-refractivity contribution < 1.29 is 22.7 Å². The average molecular weight is 296 g/mol. The Bertz CT molecular complexity index is 292. The summed E-state index contributed by atoms with van der Waals surface area (Å²) in [4.78, 5) is 13.9. The van der Waals surface area contributed by atoms with Crippen LogP contribution < -0.4 is 5.32 Å². The molecule has 1 amide bonds. The molecule has 0 aromatic heterocycles. The molecule has 0 spiro atoms. The van der Waals surface area contributed by atoms with E-state index in [9.17, 15) is 18.0 Å². The lowest BCUT2D eigenvalue weighted by atomic mass is 10.1. The van der Waals surface area contributed by atoms with Crippen molar-refractivity contribution >= 4 is 5.91 Å². The van der Waals surface area contributed by atoms with Crippen molar-refractivity contribution in [3.63, 3.8) is 0 Å². The summed E-state index contributed by atoms with van der Waals surface area (Å²) in [5.74, 6) is -0.122. The number of carbonyl (C=O) groups is 1. The van der Waals surface area contributed by atoms with Crippen molar-refractivity contribution in [1.29, 1.82) is 0 Å². The highest BCUT2D eigenvalue weighted by Crippen LogP contribution is 2.15. The van der Waals surface area contributed by atoms with Crippen LogP contribution in [0.25, 0.3) is 0 Å². The normalized spacial score (nSPS) is 19.9. The highest BCUT2D eigenvalue weighted by molar-refractivity contribution is 5.76. The molecule has 0 bridgehead atoms. The Morgan fingerprint density at radius 2 is 2.20 bits per heavy atom. The summed E-state index contributed by atoms with van der Waals surface area (Å²) >= 11 is 0. The van der Waals surface area contributed by atoms with Gasteiger partial charge in [0, 0.05) is 19.1 Å². The van der Waals surface area contributed by atoms with Gasteiger partial charge in [-0.3, -0.25) is 4.79 Å². The lowest BCUT2D eigenvalue weighted by Gasteiger charge is -2.34. The Hall–Kier alpha value is -0.820. The molecule has 7 heteroatoms. The highest BCUT2D eigenvalue weighted by Gasteiger charge is 2.28. The van der Waals surface area contributed by atoms with Gasteiger partial charge in [0.05, 0.1) is 13.0 Å². The summed E-state index contributed by atoms with van der Waals surface area (Å²) < 4.78 is 40.3. The van der Waals surface area contributed by atoms with Gasteiger partial charge < -0.3 is 15.0 Å². The van der Waals surface area contributed by atoms with Gasteiger partial charge in [-0.15, -0.1) is 0 Å².